The van der Waals surface area contributed by atoms with E-state index >= 15 is 0 Å². The zero-order valence-corrected chi connectivity index (χ0v) is 10.2. The molecule has 0 unspecified atom stereocenters. The summed E-state index contributed by atoms with van der Waals surface area (Å²) in [6.07, 6.45) is 0. The van der Waals surface area contributed by atoms with Gasteiger partial charge in [0, 0.05) is 23.9 Å². The molecule has 2 heteroatoms. The number of fused-ring (bicyclic) bond motifs is 1. The normalized spacial score (nSPS) is 11.3. The molecule has 2 rings (SSSR count). The number of aromatic nitrogens is 1. The molecule has 84 valence electrons. The Kier molecular flexibility index (Phi) is 2.58. The van der Waals surface area contributed by atoms with Crippen LogP contribution in [0.5, 0.6) is 0 Å². The fourth-order valence-electron chi connectivity index (χ4n) is 2.18. The molecule has 0 radical (unpaired) electrons. The topological polar surface area (TPSA) is 22.0 Å². The summed E-state index contributed by atoms with van der Waals surface area (Å²) in [6.45, 7) is 7.90. The van der Waals surface area contributed by atoms with Crippen molar-refractivity contribution in [2.45, 2.75) is 33.7 Å². The smallest absolute Gasteiger partial charge is 0.176 e. The summed E-state index contributed by atoms with van der Waals surface area (Å²) >= 11 is 0. The van der Waals surface area contributed by atoms with Crippen LogP contribution in [0, 0.1) is 6.92 Å². The number of carbonyl (C=O) groups is 1. The fourth-order valence-corrected chi connectivity index (χ4v) is 2.18. The monoisotopic (exact) mass is 215 g/mol. The molecule has 0 bridgehead atoms. The largest absolute Gasteiger partial charge is 0.336 e. The van der Waals surface area contributed by atoms with Gasteiger partial charge in [-0.15, -0.1) is 0 Å². The first kappa shape index (κ1) is 10.9. The second-order valence-corrected chi connectivity index (χ2v) is 4.61. The van der Waals surface area contributed by atoms with Crippen molar-refractivity contribution in [1.82, 2.24) is 4.57 Å². The first-order valence-electron chi connectivity index (χ1n) is 5.63. The third kappa shape index (κ3) is 1.64. The van der Waals surface area contributed by atoms with Crippen LogP contribution in [0.4, 0.5) is 0 Å². The number of carbonyl (C=O) groups excluding carboxylic acids is 1. The van der Waals surface area contributed by atoms with Gasteiger partial charge in [0.2, 0.25) is 0 Å². The third-order valence-electron chi connectivity index (χ3n) is 2.87. The van der Waals surface area contributed by atoms with E-state index < -0.39 is 0 Å². The van der Waals surface area contributed by atoms with Crippen LogP contribution in [-0.4, -0.2) is 10.4 Å². The standard InChI is InChI=1S/C14H17NO/c1-9(2)15-13-6-5-10(3)7-12(13)8-14(15)11(4)16/h5-9H,1-4H3. The second kappa shape index (κ2) is 3.78. The van der Waals surface area contributed by atoms with Crippen molar-refractivity contribution in [3.05, 3.63) is 35.5 Å². The Morgan fingerprint density at radius 2 is 1.94 bits per heavy atom. The van der Waals surface area contributed by atoms with E-state index in [2.05, 4.69) is 43.5 Å². The van der Waals surface area contributed by atoms with Crippen LogP contribution >= 0.6 is 0 Å². The second-order valence-electron chi connectivity index (χ2n) is 4.61. The molecule has 1 aromatic heterocycles. The van der Waals surface area contributed by atoms with Gasteiger partial charge >= 0.3 is 0 Å². The van der Waals surface area contributed by atoms with Crippen LogP contribution in [0.1, 0.15) is 42.9 Å². The predicted molar refractivity (Wildman–Crippen MR) is 67.1 cm³/mol. The lowest BCUT2D eigenvalue weighted by Gasteiger charge is -2.12. The highest BCUT2D eigenvalue weighted by Crippen LogP contribution is 2.25. The first-order valence-corrected chi connectivity index (χ1v) is 5.63. The van der Waals surface area contributed by atoms with Gasteiger partial charge < -0.3 is 4.57 Å². The molecule has 16 heavy (non-hydrogen) atoms. The van der Waals surface area contributed by atoms with E-state index in [1.54, 1.807) is 6.92 Å². The van der Waals surface area contributed by atoms with Gasteiger partial charge in [-0.25, -0.2) is 0 Å². The molecule has 0 aliphatic carbocycles. The quantitative estimate of drug-likeness (QED) is 0.699. The van der Waals surface area contributed by atoms with Crippen molar-refractivity contribution >= 4 is 16.7 Å². The van der Waals surface area contributed by atoms with E-state index in [4.69, 9.17) is 0 Å². The molecular formula is C14H17NO. The number of aryl methyl sites for hydroxylation is 1. The van der Waals surface area contributed by atoms with Crippen molar-refractivity contribution in [3.63, 3.8) is 0 Å². The molecule has 2 aromatic rings. The van der Waals surface area contributed by atoms with Crippen molar-refractivity contribution in [3.8, 4) is 0 Å². The van der Waals surface area contributed by atoms with Crippen LogP contribution < -0.4 is 0 Å². The molecule has 0 atom stereocenters. The van der Waals surface area contributed by atoms with Gasteiger partial charge in [-0.05, 0) is 39.0 Å². The number of nitrogens with zero attached hydrogens (tertiary/aromatic N) is 1. The molecule has 1 aromatic carbocycles. The molecular weight excluding hydrogens is 198 g/mol. The molecule has 0 amide bonds. The summed E-state index contributed by atoms with van der Waals surface area (Å²) in [4.78, 5) is 11.6. The van der Waals surface area contributed by atoms with Gasteiger partial charge in [-0.3, -0.25) is 4.79 Å². The van der Waals surface area contributed by atoms with Gasteiger partial charge in [-0.1, -0.05) is 11.6 Å². The number of ketones is 1. The van der Waals surface area contributed by atoms with Crippen LogP contribution in [0.3, 0.4) is 0 Å². The van der Waals surface area contributed by atoms with E-state index in [1.165, 1.54) is 5.56 Å². The van der Waals surface area contributed by atoms with Crippen molar-refractivity contribution in [2.75, 3.05) is 0 Å². The highest BCUT2D eigenvalue weighted by molar-refractivity contribution is 5.98. The number of hydrogen-bond acceptors (Lipinski definition) is 1. The summed E-state index contributed by atoms with van der Waals surface area (Å²) in [5, 5.41) is 1.15. The molecule has 0 aliphatic rings. The molecule has 2 nitrogen and oxygen atoms in total. The maximum atomic E-state index is 11.6. The minimum absolute atomic E-state index is 0.127. The van der Waals surface area contributed by atoms with Crippen molar-refractivity contribution < 1.29 is 4.79 Å². The van der Waals surface area contributed by atoms with E-state index in [0.29, 0.717) is 6.04 Å². The number of rotatable bonds is 2. The van der Waals surface area contributed by atoms with Crippen LogP contribution in [0.2, 0.25) is 0 Å². The third-order valence-corrected chi connectivity index (χ3v) is 2.87. The Labute approximate surface area is 95.9 Å². The van der Waals surface area contributed by atoms with E-state index in [0.717, 1.165) is 16.6 Å². The summed E-state index contributed by atoms with van der Waals surface area (Å²) in [7, 11) is 0. The molecule has 0 fully saturated rings. The Morgan fingerprint density at radius 3 is 2.50 bits per heavy atom. The van der Waals surface area contributed by atoms with Gasteiger partial charge in [-0.2, -0.15) is 0 Å². The average Bonchev–Trinajstić information content (AvgIpc) is 2.55. The number of Topliss-reactive ketones (excluding diaryl/α,β-unsaturated/α-hetero) is 1. The van der Waals surface area contributed by atoms with E-state index in [-0.39, 0.29) is 5.78 Å². The Bertz CT molecular complexity index is 549. The molecule has 0 N–H and O–H groups in total. The summed E-state index contributed by atoms with van der Waals surface area (Å²) in [5.41, 5.74) is 3.17. The van der Waals surface area contributed by atoms with Crippen LogP contribution in [-0.2, 0) is 0 Å². The van der Waals surface area contributed by atoms with Gasteiger partial charge in [0.1, 0.15) is 0 Å². The molecule has 1 heterocycles. The molecule has 0 saturated carbocycles. The number of hydrogen-bond donors (Lipinski definition) is 0. The lowest BCUT2D eigenvalue weighted by Crippen LogP contribution is -2.08. The van der Waals surface area contributed by atoms with E-state index in [9.17, 15) is 4.79 Å². The predicted octanol–water partition coefficient (Wildman–Crippen LogP) is 3.73. The zero-order valence-electron chi connectivity index (χ0n) is 10.2. The highest BCUT2D eigenvalue weighted by Gasteiger charge is 2.14. The zero-order chi connectivity index (χ0) is 11.9. The van der Waals surface area contributed by atoms with Crippen molar-refractivity contribution in [2.24, 2.45) is 0 Å². The number of benzene rings is 1. The highest BCUT2D eigenvalue weighted by atomic mass is 16.1. The summed E-state index contributed by atoms with van der Waals surface area (Å²) < 4.78 is 2.11. The Morgan fingerprint density at radius 1 is 1.25 bits per heavy atom. The van der Waals surface area contributed by atoms with Gasteiger partial charge in [0.25, 0.3) is 0 Å². The van der Waals surface area contributed by atoms with Gasteiger partial charge in [0.05, 0.1) is 5.69 Å². The average molecular weight is 215 g/mol. The molecule has 0 spiro atoms. The lowest BCUT2D eigenvalue weighted by atomic mass is 10.2. The molecule has 0 aliphatic heterocycles. The molecule has 0 saturated heterocycles. The van der Waals surface area contributed by atoms with Crippen LogP contribution in [0.15, 0.2) is 24.3 Å². The maximum Gasteiger partial charge on any atom is 0.176 e. The Balaban J connectivity index is 2.81. The fraction of sp³-hybridized carbons (Fsp3) is 0.357. The minimum Gasteiger partial charge on any atom is -0.336 e. The SMILES string of the molecule is CC(=O)c1cc2cc(C)ccc2n1C(C)C. The van der Waals surface area contributed by atoms with Crippen molar-refractivity contribution in [1.29, 1.82) is 0 Å². The van der Waals surface area contributed by atoms with Gasteiger partial charge in [0.15, 0.2) is 5.78 Å². The summed E-state index contributed by atoms with van der Waals surface area (Å²) in [5.74, 6) is 0.127. The van der Waals surface area contributed by atoms with E-state index in [1.807, 2.05) is 6.07 Å². The lowest BCUT2D eigenvalue weighted by molar-refractivity contribution is 0.100. The van der Waals surface area contributed by atoms with Crippen LogP contribution in [0.25, 0.3) is 10.9 Å². The first-order chi connectivity index (χ1) is 7.50. The summed E-state index contributed by atoms with van der Waals surface area (Å²) in [6, 6.07) is 8.60. The maximum absolute atomic E-state index is 11.6. The minimum atomic E-state index is 0.127. The Hall–Kier alpha value is -1.57.